The summed E-state index contributed by atoms with van der Waals surface area (Å²) in [5.74, 6) is 0.902. The van der Waals surface area contributed by atoms with Crippen molar-refractivity contribution < 1.29 is 4.52 Å². The van der Waals surface area contributed by atoms with E-state index in [1.165, 1.54) is 0 Å². The molecule has 3 aromatic rings. The van der Waals surface area contributed by atoms with E-state index in [-0.39, 0.29) is 0 Å². The molecule has 3 rings (SSSR count). The minimum absolute atomic E-state index is 0.434. The number of aromatic nitrogens is 4. The van der Waals surface area contributed by atoms with E-state index in [0.717, 1.165) is 17.5 Å². The minimum atomic E-state index is 0.434. The largest absolute Gasteiger partial charge is 0.333 e. The number of rotatable bonds is 4. The van der Waals surface area contributed by atoms with Gasteiger partial charge in [0.1, 0.15) is 5.69 Å². The lowest BCUT2D eigenvalue weighted by Gasteiger charge is -1.97. The zero-order valence-corrected chi connectivity index (χ0v) is 10.7. The molecule has 0 saturated heterocycles. The molecule has 0 amide bonds. The van der Waals surface area contributed by atoms with Gasteiger partial charge in [-0.3, -0.25) is 9.97 Å². The molecule has 20 heavy (non-hydrogen) atoms. The van der Waals surface area contributed by atoms with Gasteiger partial charge >= 0.3 is 0 Å². The lowest BCUT2D eigenvalue weighted by Crippen LogP contribution is -1.87. The molecule has 98 valence electrons. The van der Waals surface area contributed by atoms with Gasteiger partial charge in [-0.25, -0.2) is 0 Å². The van der Waals surface area contributed by atoms with Gasteiger partial charge in [0, 0.05) is 18.6 Å². The van der Waals surface area contributed by atoms with E-state index in [9.17, 15) is 0 Å². The van der Waals surface area contributed by atoms with Gasteiger partial charge in [0.15, 0.2) is 0 Å². The zero-order chi connectivity index (χ0) is 13.8. The summed E-state index contributed by atoms with van der Waals surface area (Å²) in [7, 11) is 0. The highest BCUT2D eigenvalue weighted by atomic mass is 16.5. The summed E-state index contributed by atoms with van der Waals surface area (Å²) in [6.07, 6.45) is 7.76. The second-order valence-corrected chi connectivity index (χ2v) is 4.21. The molecule has 3 aromatic heterocycles. The van der Waals surface area contributed by atoms with Crippen LogP contribution < -0.4 is 0 Å². The first-order valence-corrected chi connectivity index (χ1v) is 6.17. The molecule has 0 fully saturated rings. The molecular weight excluding hydrogens is 252 g/mol. The van der Waals surface area contributed by atoms with Crippen molar-refractivity contribution in [3.8, 4) is 23.0 Å². The van der Waals surface area contributed by atoms with E-state index in [0.29, 0.717) is 17.4 Å². The Morgan fingerprint density at radius 1 is 1.25 bits per heavy atom. The average molecular weight is 264 g/mol. The average Bonchev–Trinajstić information content (AvgIpc) is 2.99. The van der Waals surface area contributed by atoms with E-state index in [1.54, 1.807) is 18.6 Å². The number of hydrogen-bond acceptors (Lipinski definition) is 5. The fraction of sp³-hybridized carbons (Fsp3) is 0.0667. The molecule has 0 aliphatic heterocycles. The molecule has 0 unspecified atom stereocenters. The highest BCUT2D eigenvalue weighted by Gasteiger charge is 2.11. The van der Waals surface area contributed by atoms with Crippen LogP contribution in [-0.2, 0) is 6.42 Å². The van der Waals surface area contributed by atoms with E-state index in [4.69, 9.17) is 4.52 Å². The SMILES string of the molecule is C=CCc1cncc(-c2nc(-c3ccccn3)no2)c1. The highest BCUT2D eigenvalue weighted by molar-refractivity contribution is 5.56. The summed E-state index contributed by atoms with van der Waals surface area (Å²) in [6.45, 7) is 3.71. The highest BCUT2D eigenvalue weighted by Crippen LogP contribution is 2.21. The normalized spacial score (nSPS) is 10.4. The second kappa shape index (κ2) is 5.44. The van der Waals surface area contributed by atoms with Gasteiger partial charge < -0.3 is 4.52 Å². The van der Waals surface area contributed by atoms with Crippen LogP contribution in [0, 0.1) is 0 Å². The van der Waals surface area contributed by atoms with Gasteiger partial charge in [0.25, 0.3) is 5.89 Å². The van der Waals surface area contributed by atoms with Crippen molar-refractivity contribution in [1.82, 2.24) is 20.1 Å². The lowest BCUT2D eigenvalue weighted by molar-refractivity contribution is 0.432. The quantitative estimate of drug-likeness (QED) is 0.678. The third kappa shape index (κ3) is 2.47. The molecular formula is C15H12N4O. The molecule has 0 aliphatic carbocycles. The Labute approximate surface area is 116 Å². The molecule has 0 aromatic carbocycles. The fourth-order valence-electron chi connectivity index (χ4n) is 1.82. The summed E-state index contributed by atoms with van der Waals surface area (Å²) >= 11 is 0. The van der Waals surface area contributed by atoms with Gasteiger partial charge in [-0.15, -0.1) is 6.58 Å². The van der Waals surface area contributed by atoms with Crippen molar-refractivity contribution in [3.05, 3.63) is 61.1 Å². The van der Waals surface area contributed by atoms with Crippen LogP contribution in [0.3, 0.4) is 0 Å². The summed E-state index contributed by atoms with van der Waals surface area (Å²) in [6, 6.07) is 7.52. The maximum absolute atomic E-state index is 5.27. The van der Waals surface area contributed by atoms with Gasteiger partial charge in [-0.1, -0.05) is 17.3 Å². The van der Waals surface area contributed by atoms with Gasteiger partial charge in [-0.05, 0) is 30.2 Å². The van der Waals surface area contributed by atoms with Crippen LogP contribution in [-0.4, -0.2) is 20.1 Å². The molecule has 0 spiro atoms. The van der Waals surface area contributed by atoms with Crippen molar-refractivity contribution in [1.29, 1.82) is 0 Å². The molecule has 0 N–H and O–H groups in total. The summed E-state index contributed by atoms with van der Waals surface area (Å²) < 4.78 is 5.27. The molecule has 0 radical (unpaired) electrons. The van der Waals surface area contributed by atoms with E-state index < -0.39 is 0 Å². The number of hydrogen-bond donors (Lipinski definition) is 0. The molecule has 0 aliphatic rings. The third-order valence-electron chi connectivity index (χ3n) is 2.74. The molecule has 3 heterocycles. The third-order valence-corrected chi connectivity index (χ3v) is 2.74. The Bertz CT molecular complexity index is 722. The second-order valence-electron chi connectivity index (χ2n) is 4.21. The van der Waals surface area contributed by atoms with Crippen LogP contribution in [0.25, 0.3) is 23.0 Å². The molecule has 0 atom stereocenters. The summed E-state index contributed by atoms with van der Waals surface area (Å²) in [5.41, 5.74) is 2.52. The van der Waals surface area contributed by atoms with Crippen LogP contribution in [0.5, 0.6) is 0 Å². The Balaban J connectivity index is 1.94. The molecule has 0 bridgehead atoms. The topological polar surface area (TPSA) is 64.7 Å². The minimum Gasteiger partial charge on any atom is -0.333 e. The molecule has 0 saturated carbocycles. The first kappa shape index (κ1) is 12.2. The van der Waals surface area contributed by atoms with Crippen molar-refractivity contribution in [2.75, 3.05) is 0 Å². The first-order valence-electron chi connectivity index (χ1n) is 6.17. The van der Waals surface area contributed by atoms with Crippen molar-refractivity contribution in [3.63, 3.8) is 0 Å². The number of allylic oxidation sites excluding steroid dienone is 1. The number of pyridine rings is 2. The Kier molecular flexibility index (Phi) is 3.33. The predicted molar refractivity (Wildman–Crippen MR) is 74.7 cm³/mol. The maximum Gasteiger partial charge on any atom is 0.259 e. The Hall–Kier alpha value is -2.82. The summed E-state index contributed by atoms with van der Waals surface area (Å²) in [4.78, 5) is 12.7. The zero-order valence-electron chi connectivity index (χ0n) is 10.7. The van der Waals surface area contributed by atoms with Crippen LogP contribution in [0.2, 0.25) is 0 Å². The van der Waals surface area contributed by atoms with E-state index in [1.807, 2.05) is 30.3 Å². The predicted octanol–water partition coefficient (Wildman–Crippen LogP) is 2.92. The standard InChI is InChI=1S/C15H12N4O/c1-2-5-11-8-12(10-16-9-11)15-18-14(19-20-15)13-6-3-4-7-17-13/h2-4,6-10H,1,5H2. The van der Waals surface area contributed by atoms with Gasteiger partial charge in [0.05, 0.1) is 5.56 Å². The van der Waals surface area contributed by atoms with E-state index in [2.05, 4.69) is 26.7 Å². The van der Waals surface area contributed by atoms with Crippen molar-refractivity contribution in [2.24, 2.45) is 0 Å². The maximum atomic E-state index is 5.27. The lowest BCUT2D eigenvalue weighted by atomic mass is 10.1. The molecule has 5 nitrogen and oxygen atoms in total. The molecule has 5 heteroatoms. The van der Waals surface area contributed by atoms with Crippen LogP contribution in [0.4, 0.5) is 0 Å². The summed E-state index contributed by atoms with van der Waals surface area (Å²) in [5, 5.41) is 3.94. The number of nitrogens with zero attached hydrogens (tertiary/aromatic N) is 4. The van der Waals surface area contributed by atoms with E-state index >= 15 is 0 Å². The Morgan fingerprint density at radius 3 is 3.00 bits per heavy atom. The van der Waals surface area contributed by atoms with Gasteiger partial charge in [0.2, 0.25) is 5.82 Å². The van der Waals surface area contributed by atoms with Crippen molar-refractivity contribution in [2.45, 2.75) is 6.42 Å². The first-order chi connectivity index (χ1) is 9.86. The van der Waals surface area contributed by atoms with Crippen LogP contribution >= 0.6 is 0 Å². The Morgan fingerprint density at radius 2 is 2.20 bits per heavy atom. The smallest absolute Gasteiger partial charge is 0.259 e. The van der Waals surface area contributed by atoms with Crippen LogP contribution in [0.15, 0.2) is 60.0 Å². The fourth-order valence-corrected chi connectivity index (χ4v) is 1.82. The van der Waals surface area contributed by atoms with Crippen LogP contribution in [0.1, 0.15) is 5.56 Å². The monoisotopic (exact) mass is 264 g/mol. The van der Waals surface area contributed by atoms with Crippen molar-refractivity contribution >= 4 is 0 Å². The van der Waals surface area contributed by atoms with Gasteiger partial charge in [-0.2, -0.15) is 4.98 Å².